The predicted molar refractivity (Wildman–Crippen MR) is 57.6 cm³/mol. The van der Waals surface area contributed by atoms with E-state index in [2.05, 4.69) is 0 Å². The van der Waals surface area contributed by atoms with Crippen LogP contribution in [0.1, 0.15) is 15.9 Å². The number of carboxylic acid groups (broad SMARTS) is 1. The largest absolute Gasteiger partial charge is 0.478 e. The second kappa shape index (κ2) is 4.67. The summed E-state index contributed by atoms with van der Waals surface area (Å²) >= 11 is 5.46. The molecular weight excluding hydrogens is 202 g/mol. The molecule has 0 bridgehead atoms. The second-order valence-electron chi connectivity index (χ2n) is 2.67. The van der Waals surface area contributed by atoms with Gasteiger partial charge in [-0.25, -0.2) is 4.79 Å². The van der Waals surface area contributed by atoms with E-state index in [0.717, 1.165) is 0 Å². The van der Waals surface area contributed by atoms with E-state index < -0.39 is 5.97 Å². The zero-order valence-electron chi connectivity index (χ0n) is 7.40. The van der Waals surface area contributed by atoms with E-state index in [1.807, 2.05) is 0 Å². The quantitative estimate of drug-likeness (QED) is 0.595. The third-order valence-electron chi connectivity index (χ3n) is 1.76. The number of carbonyl (C=O) groups is 1. The van der Waals surface area contributed by atoms with Crippen molar-refractivity contribution in [2.24, 2.45) is 0 Å². The summed E-state index contributed by atoms with van der Waals surface area (Å²) in [6, 6.07) is 4.86. The highest BCUT2D eigenvalue weighted by atomic mass is 35.5. The van der Waals surface area contributed by atoms with E-state index in [1.165, 1.54) is 6.07 Å². The number of carboxylic acids is 1. The molecule has 0 saturated heterocycles. The third kappa shape index (κ3) is 2.26. The lowest BCUT2D eigenvalue weighted by Crippen LogP contribution is -2.03. The van der Waals surface area contributed by atoms with Crippen LogP contribution in [0.5, 0.6) is 0 Å². The van der Waals surface area contributed by atoms with Crippen LogP contribution in [0.4, 0.5) is 5.69 Å². The van der Waals surface area contributed by atoms with Crippen LogP contribution in [-0.2, 0) is 0 Å². The molecule has 0 aliphatic rings. The molecule has 0 aliphatic heterocycles. The number of benzene rings is 1. The number of allylic oxidation sites excluding steroid dienone is 1. The average Bonchev–Trinajstić information content (AvgIpc) is 2.16. The van der Waals surface area contributed by atoms with Crippen molar-refractivity contribution in [3.05, 3.63) is 35.4 Å². The number of hydrogen-bond acceptors (Lipinski definition) is 2. The first-order valence-corrected chi connectivity index (χ1v) is 4.54. The molecule has 1 rings (SSSR count). The fraction of sp³-hybridized carbons (Fsp3) is 0.100. The van der Waals surface area contributed by atoms with Crippen LogP contribution < -0.4 is 5.73 Å². The van der Waals surface area contributed by atoms with E-state index in [1.54, 1.807) is 24.3 Å². The van der Waals surface area contributed by atoms with Gasteiger partial charge in [-0.05, 0) is 11.6 Å². The Bertz CT molecular complexity index is 374. The maximum Gasteiger partial charge on any atom is 0.337 e. The molecule has 0 spiro atoms. The van der Waals surface area contributed by atoms with Gasteiger partial charge >= 0.3 is 5.97 Å². The average molecular weight is 212 g/mol. The molecule has 0 fully saturated rings. The molecule has 14 heavy (non-hydrogen) atoms. The molecule has 74 valence electrons. The number of nitrogen functional groups attached to an aromatic ring is 1. The molecule has 3 N–H and O–H groups in total. The van der Waals surface area contributed by atoms with Gasteiger partial charge in [-0.15, -0.1) is 11.6 Å². The van der Waals surface area contributed by atoms with Crippen molar-refractivity contribution in [3.63, 3.8) is 0 Å². The summed E-state index contributed by atoms with van der Waals surface area (Å²) in [4.78, 5) is 10.7. The van der Waals surface area contributed by atoms with Crippen molar-refractivity contribution in [2.45, 2.75) is 0 Å². The molecule has 3 nitrogen and oxygen atoms in total. The van der Waals surface area contributed by atoms with Crippen molar-refractivity contribution in [1.82, 2.24) is 0 Å². The lowest BCUT2D eigenvalue weighted by Gasteiger charge is -2.03. The molecule has 1 aromatic carbocycles. The van der Waals surface area contributed by atoms with E-state index in [9.17, 15) is 4.79 Å². The van der Waals surface area contributed by atoms with Gasteiger partial charge in [0.2, 0.25) is 0 Å². The number of nitrogens with two attached hydrogens (primary N) is 1. The van der Waals surface area contributed by atoms with Crippen molar-refractivity contribution >= 4 is 29.3 Å². The standard InChI is InChI=1S/C10H10ClNO2/c11-6-2-4-7-3-1-5-8(9(7)12)10(13)14/h1-5H,6,12H2,(H,13,14). The summed E-state index contributed by atoms with van der Waals surface area (Å²) in [7, 11) is 0. The molecule has 4 heteroatoms. The Balaban J connectivity index is 3.14. The zero-order valence-corrected chi connectivity index (χ0v) is 8.16. The van der Waals surface area contributed by atoms with Crippen LogP contribution >= 0.6 is 11.6 Å². The first-order chi connectivity index (χ1) is 6.66. The van der Waals surface area contributed by atoms with Gasteiger partial charge in [-0.2, -0.15) is 0 Å². The molecule has 0 unspecified atom stereocenters. The maximum absolute atomic E-state index is 10.7. The molecule has 0 radical (unpaired) electrons. The minimum Gasteiger partial charge on any atom is -0.478 e. The first-order valence-electron chi connectivity index (χ1n) is 4.01. The number of para-hydroxylation sites is 1. The number of anilines is 1. The molecule has 0 aromatic heterocycles. The highest BCUT2D eigenvalue weighted by Crippen LogP contribution is 2.18. The monoisotopic (exact) mass is 211 g/mol. The highest BCUT2D eigenvalue weighted by molar-refractivity contribution is 6.19. The Kier molecular flexibility index (Phi) is 3.54. The summed E-state index contributed by atoms with van der Waals surface area (Å²) < 4.78 is 0. The first kappa shape index (κ1) is 10.6. The Hall–Kier alpha value is -1.48. The van der Waals surface area contributed by atoms with Crippen LogP contribution in [0, 0.1) is 0 Å². The van der Waals surface area contributed by atoms with Gasteiger partial charge in [-0.1, -0.05) is 24.3 Å². The minimum absolute atomic E-state index is 0.113. The molecule has 0 saturated carbocycles. The summed E-state index contributed by atoms with van der Waals surface area (Å²) in [6.07, 6.45) is 3.41. The summed E-state index contributed by atoms with van der Waals surface area (Å²) in [5.74, 6) is -0.653. The minimum atomic E-state index is -1.02. The van der Waals surface area contributed by atoms with Crippen LogP contribution in [0.2, 0.25) is 0 Å². The Morgan fingerprint density at radius 2 is 2.29 bits per heavy atom. The zero-order chi connectivity index (χ0) is 10.6. The third-order valence-corrected chi connectivity index (χ3v) is 1.93. The van der Waals surface area contributed by atoms with Crippen molar-refractivity contribution in [3.8, 4) is 0 Å². The lowest BCUT2D eigenvalue weighted by atomic mass is 10.1. The maximum atomic E-state index is 10.7. The summed E-state index contributed by atoms with van der Waals surface area (Å²) in [5, 5.41) is 8.79. The number of hydrogen-bond donors (Lipinski definition) is 2. The Morgan fingerprint density at radius 3 is 2.86 bits per heavy atom. The lowest BCUT2D eigenvalue weighted by molar-refractivity contribution is 0.0698. The molecule has 0 aliphatic carbocycles. The smallest absolute Gasteiger partial charge is 0.337 e. The Morgan fingerprint density at radius 1 is 1.57 bits per heavy atom. The SMILES string of the molecule is Nc1c(C=CCCl)cccc1C(=O)O. The van der Waals surface area contributed by atoms with Gasteiger partial charge in [0.15, 0.2) is 0 Å². The van der Waals surface area contributed by atoms with Crippen molar-refractivity contribution < 1.29 is 9.90 Å². The molecule has 0 heterocycles. The fourth-order valence-corrected chi connectivity index (χ4v) is 1.18. The second-order valence-corrected chi connectivity index (χ2v) is 2.98. The number of alkyl halides is 1. The van der Waals surface area contributed by atoms with Crippen molar-refractivity contribution in [1.29, 1.82) is 0 Å². The number of halogens is 1. The summed E-state index contributed by atoms with van der Waals surface area (Å²) in [5.41, 5.74) is 6.70. The van der Waals surface area contributed by atoms with E-state index >= 15 is 0 Å². The van der Waals surface area contributed by atoms with Gasteiger partial charge in [-0.3, -0.25) is 0 Å². The highest BCUT2D eigenvalue weighted by Gasteiger charge is 2.08. The number of aromatic carboxylic acids is 1. The molecular formula is C10H10ClNO2. The van der Waals surface area contributed by atoms with E-state index in [0.29, 0.717) is 11.4 Å². The van der Waals surface area contributed by atoms with E-state index in [-0.39, 0.29) is 11.3 Å². The normalized spacial score (nSPS) is 10.6. The topological polar surface area (TPSA) is 63.3 Å². The van der Waals surface area contributed by atoms with Crippen molar-refractivity contribution in [2.75, 3.05) is 11.6 Å². The summed E-state index contributed by atoms with van der Waals surface area (Å²) in [6.45, 7) is 0. The molecule has 0 amide bonds. The fourth-order valence-electron chi connectivity index (χ4n) is 1.09. The van der Waals surface area contributed by atoms with Gasteiger partial charge in [0.25, 0.3) is 0 Å². The molecule has 1 aromatic rings. The van der Waals surface area contributed by atoms with Gasteiger partial charge in [0, 0.05) is 5.88 Å². The van der Waals surface area contributed by atoms with E-state index in [4.69, 9.17) is 22.4 Å². The van der Waals surface area contributed by atoms with Crippen LogP contribution in [0.25, 0.3) is 6.08 Å². The Labute approximate surface area is 86.8 Å². The predicted octanol–water partition coefficient (Wildman–Crippen LogP) is 2.22. The van der Waals surface area contributed by atoms with Crippen LogP contribution in [0.15, 0.2) is 24.3 Å². The van der Waals surface area contributed by atoms with Crippen LogP contribution in [0.3, 0.4) is 0 Å². The van der Waals surface area contributed by atoms with Gasteiger partial charge in [0.05, 0.1) is 11.3 Å². The van der Waals surface area contributed by atoms with Gasteiger partial charge < -0.3 is 10.8 Å². The van der Waals surface area contributed by atoms with Crippen LogP contribution in [-0.4, -0.2) is 17.0 Å². The number of rotatable bonds is 3. The molecule has 0 atom stereocenters. The van der Waals surface area contributed by atoms with Gasteiger partial charge in [0.1, 0.15) is 0 Å².